The minimum absolute atomic E-state index is 0.125. The van der Waals surface area contributed by atoms with E-state index in [1.807, 2.05) is 12.1 Å². The SMILES string of the molecule is CCOC(=O)C(=O)CC(O)(c1ccccc1)c1ccccc1. The maximum Gasteiger partial charge on any atom is 0.374 e. The molecule has 0 spiro atoms. The number of carbonyl (C=O) groups is 2. The van der Waals surface area contributed by atoms with Crippen molar-refractivity contribution in [2.45, 2.75) is 18.9 Å². The average Bonchev–Trinajstić information content (AvgIpc) is 2.56. The number of hydrogen-bond donors (Lipinski definition) is 1. The molecule has 0 aliphatic rings. The van der Waals surface area contributed by atoms with Crippen LogP contribution in [0.3, 0.4) is 0 Å². The van der Waals surface area contributed by atoms with Crippen molar-refractivity contribution in [2.24, 2.45) is 0 Å². The molecule has 22 heavy (non-hydrogen) atoms. The molecular weight excluding hydrogens is 280 g/mol. The summed E-state index contributed by atoms with van der Waals surface area (Å²) in [5, 5.41) is 11.1. The number of esters is 1. The molecule has 4 heteroatoms. The Balaban J connectivity index is 2.39. The molecule has 0 saturated heterocycles. The monoisotopic (exact) mass is 298 g/mol. The molecule has 0 bridgehead atoms. The van der Waals surface area contributed by atoms with Crippen LogP contribution in [0.4, 0.5) is 0 Å². The third-order valence-electron chi connectivity index (χ3n) is 3.42. The molecule has 0 atom stereocenters. The van der Waals surface area contributed by atoms with E-state index in [1.165, 1.54) is 0 Å². The summed E-state index contributed by atoms with van der Waals surface area (Å²) in [5.41, 5.74) is -0.454. The van der Waals surface area contributed by atoms with Gasteiger partial charge in [0.25, 0.3) is 0 Å². The van der Waals surface area contributed by atoms with Crippen LogP contribution < -0.4 is 0 Å². The van der Waals surface area contributed by atoms with Crippen molar-refractivity contribution in [1.82, 2.24) is 0 Å². The van der Waals surface area contributed by atoms with Crippen molar-refractivity contribution in [3.8, 4) is 0 Å². The van der Waals surface area contributed by atoms with Crippen LogP contribution in [0.15, 0.2) is 60.7 Å². The second-order valence-corrected chi connectivity index (χ2v) is 4.91. The molecule has 0 aliphatic heterocycles. The van der Waals surface area contributed by atoms with Crippen LogP contribution in [0, 0.1) is 0 Å². The smallest absolute Gasteiger partial charge is 0.374 e. The van der Waals surface area contributed by atoms with Gasteiger partial charge in [-0.15, -0.1) is 0 Å². The predicted molar refractivity (Wildman–Crippen MR) is 82.1 cm³/mol. The lowest BCUT2D eigenvalue weighted by atomic mass is 9.82. The zero-order chi connectivity index (χ0) is 16.0. The Morgan fingerprint density at radius 1 is 0.955 bits per heavy atom. The van der Waals surface area contributed by atoms with E-state index < -0.39 is 17.4 Å². The van der Waals surface area contributed by atoms with Crippen molar-refractivity contribution in [3.63, 3.8) is 0 Å². The summed E-state index contributed by atoms with van der Waals surface area (Å²) in [6, 6.07) is 17.7. The first-order valence-corrected chi connectivity index (χ1v) is 7.11. The highest BCUT2D eigenvalue weighted by molar-refractivity contribution is 6.33. The van der Waals surface area contributed by atoms with E-state index in [4.69, 9.17) is 4.74 Å². The summed E-state index contributed by atoms with van der Waals surface area (Å²) in [6.07, 6.45) is -0.361. The molecule has 0 aromatic heterocycles. The Labute approximate surface area is 129 Å². The highest BCUT2D eigenvalue weighted by Crippen LogP contribution is 2.33. The van der Waals surface area contributed by atoms with Crippen LogP contribution in [-0.2, 0) is 19.9 Å². The fourth-order valence-corrected chi connectivity index (χ4v) is 2.31. The second kappa shape index (κ2) is 7.00. The van der Waals surface area contributed by atoms with Crippen LogP contribution in [0.25, 0.3) is 0 Å². The molecule has 0 amide bonds. The van der Waals surface area contributed by atoms with Gasteiger partial charge in [0.15, 0.2) is 0 Å². The highest BCUT2D eigenvalue weighted by Gasteiger charge is 2.36. The molecule has 0 heterocycles. The average molecular weight is 298 g/mol. The van der Waals surface area contributed by atoms with E-state index in [0.29, 0.717) is 11.1 Å². The van der Waals surface area contributed by atoms with E-state index in [1.54, 1.807) is 55.5 Å². The van der Waals surface area contributed by atoms with Crippen molar-refractivity contribution >= 4 is 11.8 Å². The molecular formula is C18H18O4. The van der Waals surface area contributed by atoms with Gasteiger partial charge in [-0.1, -0.05) is 60.7 Å². The van der Waals surface area contributed by atoms with Gasteiger partial charge in [-0.05, 0) is 18.1 Å². The van der Waals surface area contributed by atoms with Crippen LogP contribution in [0.2, 0.25) is 0 Å². The van der Waals surface area contributed by atoms with Crippen molar-refractivity contribution in [1.29, 1.82) is 0 Å². The molecule has 0 fully saturated rings. The Kier molecular flexibility index (Phi) is 5.07. The van der Waals surface area contributed by atoms with Crippen molar-refractivity contribution in [3.05, 3.63) is 71.8 Å². The summed E-state index contributed by atoms with van der Waals surface area (Å²) in [5.74, 6) is -1.68. The van der Waals surface area contributed by atoms with E-state index in [0.717, 1.165) is 0 Å². The first-order valence-electron chi connectivity index (χ1n) is 7.11. The summed E-state index contributed by atoms with van der Waals surface area (Å²) < 4.78 is 4.72. The van der Waals surface area contributed by atoms with E-state index in [-0.39, 0.29) is 13.0 Å². The third kappa shape index (κ3) is 3.40. The Morgan fingerprint density at radius 2 is 1.41 bits per heavy atom. The van der Waals surface area contributed by atoms with E-state index >= 15 is 0 Å². The molecule has 1 N–H and O–H groups in total. The molecule has 0 aliphatic carbocycles. The number of Topliss-reactive ketones (excluding diaryl/α,β-unsaturated/α-hetero) is 1. The van der Waals surface area contributed by atoms with Gasteiger partial charge in [-0.2, -0.15) is 0 Å². The van der Waals surface area contributed by atoms with Gasteiger partial charge in [0.1, 0.15) is 5.60 Å². The first kappa shape index (κ1) is 15.9. The van der Waals surface area contributed by atoms with Gasteiger partial charge in [-0.25, -0.2) is 4.79 Å². The number of ether oxygens (including phenoxy) is 1. The van der Waals surface area contributed by atoms with Gasteiger partial charge in [-0.3, -0.25) is 4.79 Å². The summed E-state index contributed by atoms with van der Waals surface area (Å²) in [6.45, 7) is 1.76. The molecule has 2 aromatic rings. The minimum Gasteiger partial charge on any atom is -0.460 e. The zero-order valence-electron chi connectivity index (χ0n) is 12.4. The van der Waals surface area contributed by atoms with Gasteiger partial charge >= 0.3 is 5.97 Å². The Morgan fingerprint density at radius 3 is 1.82 bits per heavy atom. The van der Waals surface area contributed by atoms with Crippen LogP contribution >= 0.6 is 0 Å². The lowest BCUT2D eigenvalue weighted by Gasteiger charge is -2.28. The quantitative estimate of drug-likeness (QED) is 0.657. The topological polar surface area (TPSA) is 63.6 Å². The number of rotatable bonds is 6. The van der Waals surface area contributed by atoms with Crippen molar-refractivity contribution < 1.29 is 19.4 Å². The van der Waals surface area contributed by atoms with E-state index in [9.17, 15) is 14.7 Å². The second-order valence-electron chi connectivity index (χ2n) is 4.91. The number of carbonyl (C=O) groups excluding carboxylic acids is 2. The lowest BCUT2D eigenvalue weighted by Crippen LogP contribution is -2.33. The normalized spacial score (nSPS) is 11.0. The number of hydrogen-bond acceptors (Lipinski definition) is 4. The summed E-state index contributed by atoms with van der Waals surface area (Å²) in [4.78, 5) is 23.7. The minimum atomic E-state index is -1.56. The summed E-state index contributed by atoms with van der Waals surface area (Å²) in [7, 11) is 0. The number of ketones is 1. The van der Waals surface area contributed by atoms with Crippen LogP contribution in [-0.4, -0.2) is 23.5 Å². The standard InChI is InChI=1S/C18H18O4/c1-2-22-17(20)16(19)13-18(21,14-9-5-3-6-10-14)15-11-7-4-8-12-15/h3-12,21H,2,13H2,1H3. The number of benzene rings is 2. The third-order valence-corrected chi connectivity index (χ3v) is 3.42. The summed E-state index contributed by atoms with van der Waals surface area (Å²) >= 11 is 0. The molecule has 114 valence electrons. The predicted octanol–water partition coefficient (Wildman–Crippen LogP) is 2.44. The Hall–Kier alpha value is -2.46. The van der Waals surface area contributed by atoms with Gasteiger partial charge in [0.2, 0.25) is 5.78 Å². The maximum atomic E-state index is 12.1. The molecule has 0 saturated carbocycles. The fraction of sp³-hybridized carbons (Fsp3) is 0.222. The molecule has 2 rings (SSSR count). The maximum absolute atomic E-state index is 12.1. The van der Waals surface area contributed by atoms with Gasteiger partial charge in [0.05, 0.1) is 13.0 Å². The van der Waals surface area contributed by atoms with Gasteiger partial charge < -0.3 is 9.84 Å². The molecule has 2 aromatic carbocycles. The zero-order valence-corrected chi connectivity index (χ0v) is 12.4. The first-order chi connectivity index (χ1) is 10.6. The molecule has 0 radical (unpaired) electrons. The fourth-order valence-electron chi connectivity index (χ4n) is 2.31. The van der Waals surface area contributed by atoms with Gasteiger partial charge in [0, 0.05) is 0 Å². The number of aliphatic hydroxyl groups is 1. The molecule has 4 nitrogen and oxygen atoms in total. The molecule has 0 unspecified atom stereocenters. The van der Waals surface area contributed by atoms with Crippen LogP contribution in [0.1, 0.15) is 24.5 Å². The highest BCUT2D eigenvalue weighted by atomic mass is 16.5. The van der Waals surface area contributed by atoms with Crippen LogP contribution in [0.5, 0.6) is 0 Å². The lowest BCUT2D eigenvalue weighted by molar-refractivity contribution is -0.155. The van der Waals surface area contributed by atoms with E-state index in [2.05, 4.69) is 0 Å². The largest absolute Gasteiger partial charge is 0.460 e. The Bertz CT molecular complexity index is 595. The van der Waals surface area contributed by atoms with Crippen molar-refractivity contribution in [2.75, 3.05) is 6.61 Å².